The summed E-state index contributed by atoms with van der Waals surface area (Å²) < 4.78 is 17.7. The summed E-state index contributed by atoms with van der Waals surface area (Å²) in [4.78, 5) is 17.8. The summed E-state index contributed by atoms with van der Waals surface area (Å²) in [6.45, 7) is 0. The standard InChI is InChI=1S/C9H5FN2O3/c10-6-1-5(2-11-3-6)8-7(9(13)14)12-4-15-8/h1-4H,(H,13,14). The molecule has 0 bridgehead atoms. The van der Waals surface area contributed by atoms with Gasteiger partial charge >= 0.3 is 5.97 Å². The van der Waals surface area contributed by atoms with Crippen molar-refractivity contribution in [1.29, 1.82) is 0 Å². The van der Waals surface area contributed by atoms with Gasteiger partial charge in [-0.15, -0.1) is 0 Å². The average Bonchev–Trinajstić information content (AvgIpc) is 2.65. The Kier molecular flexibility index (Phi) is 2.17. The van der Waals surface area contributed by atoms with E-state index in [2.05, 4.69) is 9.97 Å². The van der Waals surface area contributed by atoms with Crippen molar-refractivity contribution in [1.82, 2.24) is 9.97 Å². The molecule has 0 aliphatic rings. The third-order valence-electron chi connectivity index (χ3n) is 1.74. The van der Waals surface area contributed by atoms with Crippen molar-refractivity contribution in [2.45, 2.75) is 0 Å². The number of aromatic carboxylic acids is 1. The van der Waals surface area contributed by atoms with E-state index in [9.17, 15) is 9.18 Å². The molecule has 0 amide bonds. The Hall–Kier alpha value is -2.24. The van der Waals surface area contributed by atoms with Crippen LogP contribution in [0.3, 0.4) is 0 Å². The number of hydrogen-bond acceptors (Lipinski definition) is 4. The van der Waals surface area contributed by atoms with E-state index < -0.39 is 11.8 Å². The maximum atomic E-state index is 12.8. The molecule has 2 aromatic heterocycles. The fraction of sp³-hybridized carbons (Fsp3) is 0. The normalized spacial score (nSPS) is 10.2. The molecule has 5 nitrogen and oxygen atoms in total. The topological polar surface area (TPSA) is 76.2 Å². The number of carbonyl (C=O) groups is 1. The summed E-state index contributed by atoms with van der Waals surface area (Å²) in [5, 5.41) is 8.75. The van der Waals surface area contributed by atoms with Crippen molar-refractivity contribution in [3.63, 3.8) is 0 Å². The molecule has 0 aliphatic carbocycles. The van der Waals surface area contributed by atoms with Gasteiger partial charge < -0.3 is 9.52 Å². The van der Waals surface area contributed by atoms with Crippen LogP contribution in [-0.2, 0) is 0 Å². The lowest BCUT2D eigenvalue weighted by atomic mass is 10.2. The van der Waals surface area contributed by atoms with Crippen molar-refractivity contribution < 1.29 is 18.7 Å². The van der Waals surface area contributed by atoms with Gasteiger partial charge in [0.25, 0.3) is 0 Å². The lowest BCUT2D eigenvalue weighted by molar-refractivity contribution is 0.0691. The van der Waals surface area contributed by atoms with Crippen LogP contribution >= 0.6 is 0 Å². The van der Waals surface area contributed by atoms with E-state index in [1.54, 1.807) is 0 Å². The van der Waals surface area contributed by atoms with Crippen LogP contribution in [0.5, 0.6) is 0 Å². The summed E-state index contributed by atoms with van der Waals surface area (Å²) >= 11 is 0. The molecule has 0 aliphatic heterocycles. The monoisotopic (exact) mass is 208 g/mol. The molecule has 2 heterocycles. The number of oxazole rings is 1. The SMILES string of the molecule is O=C(O)c1ncoc1-c1cncc(F)c1. The molecule has 1 N–H and O–H groups in total. The zero-order chi connectivity index (χ0) is 10.8. The van der Waals surface area contributed by atoms with Crippen molar-refractivity contribution in [2.24, 2.45) is 0 Å². The van der Waals surface area contributed by atoms with Crippen molar-refractivity contribution in [3.05, 3.63) is 36.4 Å². The van der Waals surface area contributed by atoms with Crippen molar-refractivity contribution >= 4 is 5.97 Å². The van der Waals surface area contributed by atoms with Crippen LogP contribution in [0.1, 0.15) is 10.5 Å². The predicted octanol–water partition coefficient (Wildman–Crippen LogP) is 1.57. The van der Waals surface area contributed by atoms with Crippen LogP contribution < -0.4 is 0 Å². The number of pyridine rings is 1. The smallest absolute Gasteiger partial charge is 0.358 e. The van der Waals surface area contributed by atoms with Gasteiger partial charge in [-0.3, -0.25) is 4.98 Å². The molecule has 15 heavy (non-hydrogen) atoms. The van der Waals surface area contributed by atoms with Gasteiger partial charge in [-0.2, -0.15) is 0 Å². The highest BCUT2D eigenvalue weighted by Gasteiger charge is 2.17. The Balaban J connectivity index is 2.54. The Bertz CT molecular complexity index is 510. The highest BCUT2D eigenvalue weighted by Crippen LogP contribution is 2.22. The van der Waals surface area contributed by atoms with E-state index in [-0.39, 0.29) is 17.0 Å². The lowest BCUT2D eigenvalue weighted by Gasteiger charge is -1.96. The fourth-order valence-electron chi connectivity index (χ4n) is 1.14. The number of halogens is 1. The van der Waals surface area contributed by atoms with Crippen LogP contribution in [-0.4, -0.2) is 21.0 Å². The summed E-state index contributed by atoms with van der Waals surface area (Å²) in [5.41, 5.74) is -0.0210. The van der Waals surface area contributed by atoms with E-state index in [1.807, 2.05) is 0 Å². The van der Waals surface area contributed by atoms with Crippen LogP contribution in [0.15, 0.2) is 29.3 Å². The predicted molar refractivity (Wildman–Crippen MR) is 46.7 cm³/mol. The molecular formula is C9H5FN2O3. The second-order valence-corrected chi connectivity index (χ2v) is 2.73. The molecule has 0 saturated heterocycles. The third kappa shape index (κ3) is 1.69. The van der Waals surface area contributed by atoms with Gasteiger partial charge in [0.1, 0.15) is 5.82 Å². The van der Waals surface area contributed by atoms with Gasteiger partial charge in [-0.1, -0.05) is 0 Å². The van der Waals surface area contributed by atoms with E-state index in [0.29, 0.717) is 0 Å². The Labute approximate surface area is 83.2 Å². The second-order valence-electron chi connectivity index (χ2n) is 2.73. The number of carboxylic acid groups (broad SMARTS) is 1. The maximum Gasteiger partial charge on any atom is 0.358 e. The Morgan fingerprint density at radius 1 is 1.47 bits per heavy atom. The van der Waals surface area contributed by atoms with Gasteiger partial charge in [0.2, 0.25) is 0 Å². The van der Waals surface area contributed by atoms with Gasteiger partial charge in [0, 0.05) is 11.8 Å². The number of hydrogen-bond donors (Lipinski definition) is 1. The van der Waals surface area contributed by atoms with Gasteiger partial charge in [0.15, 0.2) is 17.8 Å². The van der Waals surface area contributed by atoms with E-state index >= 15 is 0 Å². The summed E-state index contributed by atoms with van der Waals surface area (Å²) in [6, 6.07) is 1.12. The first-order valence-electron chi connectivity index (χ1n) is 3.96. The highest BCUT2D eigenvalue weighted by molar-refractivity contribution is 5.91. The van der Waals surface area contributed by atoms with Gasteiger partial charge in [0.05, 0.1) is 6.20 Å². The number of nitrogens with zero attached hydrogens (tertiary/aromatic N) is 2. The zero-order valence-electron chi connectivity index (χ0n) is 7.35. The minimum absolute atomic E-state index is 0.00509. The zero-order valence-corrected chi connectivity index (χ0v) is 7.35. The largest absolute Gasteiger partial charge is 0.476 e. The molecule has 0 spiro atoms. The summed E-state index contributed by atoms with van der Waals surface area (Å²) in [5.74, 6) is -1.81. The first kappa shape index (κ1) is 9.32. The van der Waals surface area contributed by atoms with Gasteiger partial charge in [-0.05, 0) is 6.07 Å². The maximum absolute atomic E-state index is 12.8. The molecule has 76 valence electrons. The highest BCUT2D eigenvalue weighted by atomic mass is 19.1. The number of rotatable bonds is 2. The van der Waals surface area contributed by atoms with Crippen LogP contribution in [0.2, 0.25) is 0 Å². The van der Waals surface area contributed by atoms with Crippen LogP contribution in [0.4, 0.5) is 4.39 Å². The summed E-state index contributed by atoms with van der Waals surface area (Å²) in [6.07, 6.45) is 3.31. The minimum atomic E-state index is -1.23. The van der Waals surface area contributed by atoms with Crippen LogP contribution in [0, 0.1) is 5.82 Å². The first-order valence-corrected chi connectivity index (χ1v) is 3.96. The number of aromatic nitrogens is 2. The molecule has 2 aromatic rings. The second kappa shape index (κ2) is 3.49. The molecule has 0 atom stereocenters. The molecule has 0 aromatic carbocycles. The number of carboxylic acids is 1. The first-order chi connectivity index (χ1) is 7.18. The molecular weight excluding hydrogens is 203 g/mol. The molecule has 0 fully saturated rings. The van der Waals surface area contributed by atoms with E-state index in [0.717, 1.165) is 18.7 Å². The van der Waals surface area contributed by atoms with Crippen molar-refractivity contribution in [2.75, 3.05) is 0 Å². The fourth-order valence-corrected chi connectivity index (χ4v) is 1.14. The Morgan fingerprint density at radius 2 is 2.27 bits per heavy atom. The molecule has 2 rings (SSSR count). The summed E-state index contributed by atoms with van der Waals surface area (Å²) in [7, 11) is 0. The minimum Gasteiger partial charge on any atom is -0.476 e. The third-order valence-corrected chi connectivity index (χ3v) is 1.74. The lowest BCUT2D eigenvalue weighted by Crippen LogP contribution is -1.98. The molecule has 0 radical (unpaired) electrons. The van der Waals surface area contributed by atoms with Crippen molar-refractivity contribution in [3.8, 4) is 11.3 Å². The molecule has 6 heteroatoms. The van der Waals surface area contributed by atoms with E-state index in [1.165, 1.54) is 6.20 Å². The average molecular weight is 208 g/mol. The van der Waals surface area contributed by atoms with E-state index in [4.69, 9.17) is 9.52 Å². The van der Waals surface area contributed by atoms with Crippen LogP contribution in [0.25, 0.3) is 11.3 Å². The molecule has 0 unspecified atom stereocenters. The Morgan fingerprint density at radius 3 is 2.93 bits per heavy atom. The van der Waals surface area contributed by atoms with Gasteiger partial charge in [-0.25, -0.2) is 14.2 Å². The quantitative estimate of drug-likeness (QED) is 0.810. The molecule has 0 saturated carbocycles.